The summed E-state index contributed by atoms with van der Waals surface area (Å²) in [6.45, 7) is 5.14. The number of hydrogen-bond donors (Lipinski definition) is 2. The number of fused-ring (bicyclic) bond motifs is 1. The van der Waals surface area contributed by atoms with Gasteiger partial charge < -0.3 is 24.5 Å². The second kappa shape index (κ2) is 11.2. The Hall–Kier alpha value is -3.03. The van der Waals surface area contributed by atoms with Gasteiger partial charge >= 0.3 is 0 Å². The molecule has 0 saturated carbocycles. The van der Waals surface area contributed by atoms with E-state index in [1.165, 1.54) is 0 Å². The zero-order valence-corrected chi connectivity index (χ0v) is 19.4. The van der Waals surface area contributed by atoms with Gasteiger partial charge in [-0.1, -0.05) is 30.3 Å². The van der Waals surface area contributed by atoms with Gasteiger partial charge in [-0.05, 0) is 30.7 Å². The number of rotatable bonds is 10. The number of para-hydroxylation sites is 2. The Morgan fingerprint density at radius 2 is 1.91 bits per heavy atom. The second-order valence-corrected chi connectivity index (χ2v) is 8.29. The van der Waals surface area contributed by atoms with Crippen LogP contribution in [0.3, 0.4) is 0 Å². The number of amides is 1. The third-order valence-corrected chi connectivity index (χ3v) is 6.27. The van der Waals surface area contributed by atoms with Crippen LogP contribution in [0.4, 0.5) is 0 Å². The highest BCUT2D eigenvalue weighted by molar-refractivity contribution is 5.86. The van der Waals surface area contributed by atoms with Crippen LogP contribution in [0.2, 0.25) is 0 Å². The van der Waals surface area contributed by atoms with Crippen LogP contribution in [-0.4, -0.2) is 69.4 Å². The molecule has 1 unspecified atom stereocenters. The first kappa shape index (κ1) is 23.1. The maximum atomic E-state index is 13.0. The Morgan fingerprint density at radius 1 is 1.09 bits per heavy atom. The van der Waals surface area contributed by atoms with Crippen LogP contribution in [-0.2, 0) is 9.53 Å². The SMILES string of the molecule is COc1cccc(C(CC(=O)NCCCN2CCOCC2)c2c[nH]c3ccccc23)c1OC. The van der Waals surface area contributed by atoms with Gasteiger partial charge in [-0.3, -0.25) is 9.69 Å². The van der Waals surface area contributed by atoms with E-state index >= 15 is 0 Å². The molecule has 7 heteroatoms. The lowest BCUT2D eigenvalue weighted by Crippen LogP contribution is -2.38. The minimum absolute atomic E-state index is 0.0251. The standard InChI is InChI=1S/C26H33N3O4/c1-31-24-10-5-8-20(26(24)32-2)21(22-18-28-23-9-4-3-7-19(22)23)17-25(30)27-11-6-12-29-13-15-33-16-14-29/h3-5,7-10,18,21,28H,6,11-17H2,1-2H3,(H,27,30). The van der Waals surface area contributed by atoms with Crippen LogP contribution in [0.1, 0.15) is 29.9 Å². The highest BCUT2D eigenvalue weighted by Crippen LogP contribution is 2.41. The number of hydrogen-bond acceptors (Lipinski definition) is 5. The molecule has 33 heavy (non-hydrogen) atoms. The first-order chi connectivity index (χ1) is 16.2. The van der Waals surface area contributed by atoms with Gasteiger partial charge in [0.15, 0.2) is 11.5 Å². The molecule has 1 amide bonds. The van der Waals surface area contributed by atoms with Gasteiger partial charge in [0.1, 0.15) is 0 Å². The molecule has 3 aromatic rings. The van der Waals surface area contributed by atoms with E-state index in [1.54, 1.807) is 14.2 Å². The van der Waals surface area contributed by atoms with Gasteiger partial charge in [0.25, 0.3) is 0 Å². The Labute approximate surface area is 195 Å². The number of carbonyl (C=O) groups excluding carboxylic acids is 1. The summed E-state index contributed by atoms with van der Waals surface area (Å²) < 4.78 is 16.6. The van der Waals surface area contributed by atoms with E-state index in [1.807, 2.05) is 42.6 Å². The van der Waals surface area contributed by atoms with Crippen molar-refractivity contribution in [2.24, 2.45) is 0 Å². The number of nitrogens with one attached hydrogen (secondary N) is 2. The van der Waals surface area contributed by atoms with Crippen LogP contribution in [0.15, 0.2) is 48.7 Å². The van der Waals surface area contributed by atoms with Crippen LogP contribution < -0.4 is 14.8 Å². The maximum absolute atomic E-state index is 13.0. The fourth-order valence-electron chi connectivity index (χ4n) is 4.57. The van der Waals surface area contributed by atoms with E-state index < -0.39 is 0 Å². The number of morpholine rings is 1. The molecule has 7 nitrogen and oxygen atoms in total. The van der Waals surface area contributed by atoms with Crippen LogP contribution >= 0.6 is 0 Å². The Morgan fingerprint density at radius 3 is 2.70 bits per heavy atom. The molecule has 1 aliphatic heterocycles. The van der Waals surface area contributed by atoms with Crippen LogP contribution in [0, 0.1) is 0 Å². The molecule has 2 aromatic carbocycles. The number of nitrogens with zero attached hydrogens (tertiary/aromatic N) is 1. The quantitative estimate of drug-likeness (QED) is 0.461. The van der Waals surface area contributed by atoms with Gasteiger partial charge in [0, 0.05) is 54.6 Å². The molecule has 0 bridgehead atoms. The summed E-state index contributed by atoms with van der Waals surface area (Å²) in [5, 5.41) is 4.22. The van der Waals surface area contributed by atoms with Gasteiger partial charge in [0.2, 0.25) is 5.91 Å². The van der Waals surface area contributed by atoms with Gasteiger partial charge in [-0.15, -0.1) is 0 Å². The van der Waals surface area contributed by atoms with Crippen molar-refractivity contribution >= 4 is 16.8 Å². The van der Waals surface area contributed by atoms with E-state index in [-0.39, 0.29) is 11.8 Å². The minimum atomic E-state index is -0.176. The topological polar surface area (TPSA) is 75.8 Å². The Bertz CT molecular complexity index is 1060. The molecular weight excluding hydrogens is 418 g/mol. The molecule has 1 fully saturated rings. The summed E-state index contributed by atoms with van der Waals surface area (Å²) >= 11 is 0. The number of H-pyrrole nitrogens is 1. The van der Waals surface area contributed by atoms with E-state index in [0.717, 1.165) is 61.3 Å². The molecule has 176 valence electrons. The van der Waals surface area contributed by atoms with Crippen LogP contribution in [0.5, 0.6) is 11.5 Å². The van der Waals surface area contributed by atoms with Crippen molar-refractivity contribution in [1.82, 2.24) is 15.2 Å². The van der Waals surface area contributed by atoms with E-state index in [9.17, 15) is 4.79 Å². The summed E-state index contributed by atoms with van der Waals surface area (Å²) in [5.41, 5.74) is 3.05. The number of carbonyl (C=O) groups is 1. The lowest BCUT2D eigenvalue weighted by atomic mass is 9.87. The van der Waals surface area contributed by atoms with Crippen LogP contribution in [0.25, 0.3) is 10.9 Å². The lowest BCUT2D eigenvalue weighted by Gasteiger charge is -2.26. The molecule has 1 aromatic heterocycles. The first-order valence-corrected chi connectivity index (χ1v) is 11.5. The van der Waals surface area contributed by atoms with Gasteiger partial charge in [-0.2, -0.15) is 0 Å². The Kier molecular flexibility index (Phi) is 7.86. The highest BCUT2D eigenvalue weighted by atomic mass is 16.5. The normalized spacial score (nSPS) is 15.3. The molecule has 0 spiro atoms. The molecule has 1 aliphatic rings. The van der Waals surface area contributed by atoms with Crippen molar-refractivity contribution in [2.45, 2.75) is 18.8 Å². The van der Waals surface area contributed by atoms with Crippen molar-refractivity contribution in [3.05, 3.63) is 59.8 Å². The predicted octanol–water partition coefficient (Wildman–Crippen LogP) is 3.55. The average Bonchev–Trinajstić information content (AvgIpc) is 3.29. The number of aromatic nitrogens is 1. The number of aromatic amines is 1. The molecule has 2 heterocycles. The lowest BCUT2D eigenvalue weighted by molar-refractivity contribution is -0.121. The first-order valence-electron chi connectivity index (χ1n) is 11.5. The second-order valence-electron chi connectivity index (χ2n) is 8.29. The van der Waals surface area contributed by atoms with Gasteiger partial charge in [-0.25, -0.2) is 0 Å². The molecule has 0 radical (unpaired) electrons. The maximum Gasteiger partial charge on any atom is 0.220 e. The van der Waals surface area contributed by atoms with Crippen molar-refractivity contribution in [3.63, 3.8) is 0 Å². The summed E-state index contributed by atoms with van der Waals surface area (Å²) in [6.07, 6.45) is 3.24. The molecule has 1 saturated heterocycles. The van der Waals surface area contributed by atoms with Gasteiger partial charge in [0.05, 0.1) is 27.4 Å². The summed E-state index contributed by atoms with van der Waals surface area (Å²) in [4.78, 5) is 18.8. The fraction of sp³-hybridized carbons (Fsp3) is 0.423. The average molecular weight is 452 g/mol. The largest absolute Gasteiger partial charge is 0.493 e. The zero-order chi connectivity index (χ0) is 23.0. The molecule has 2 N–H and O–H groups in total. The van der Waals surface area contributed by atoms with Crippen molar-refractivity contribution in [3.8, 4) is 11.5 Å². The monoisotopic (exact) mass is 451 g/mol. The third kappa shape index (κ3) is 5.49. The van der Waals surface area contributed by atoms with E-state index in [4.69, 9.17) is 14.2 Å². The molecule has 1 atom stereocenters. The smallest absolute Gasteiger partial charge is 0.220 e. The van der Waals surface area contributed by atoms with Crippen molar-refractivity contribution in [2.75, 3.05) is 53.6 Å². The van der Waals surface area contributed by atoms with E-state index in [0.29, 0.717) is 24.5 Å². The fourth-order valence-corrected chi connectivity index (χ4v) is 4.57. The van der Waals surface area contributed by atoms with Crippen molar-refractivity contribution in [1.29, 1.82) is 0 Å². The molecule has 4 rings (SSSR count). The van der Waals surface area contributed by atoms with E-state index in [2.05, 4.69) is 21.3 Å². The minimum Gasteiger partial charge on any atom is -0.493 e. The summed E-state index contributed by atoms with van der Waals surface area (Å²) in [7, 11) is 3.27. The molecular formula is C26H33N3O4. The van der Waals surface area contributed by atoms with Crippen molar-refractivity contribution < 1.29 is 19.0 Å². The summed E-state index contributed by atoms with van der Waals surface area (Å²) in [5.74, 6) is 1.17. The number of benzene rings is 2. The Balaban J connectivity index is 1.52. The highest BCUT2D eigenvalue weighted by Gasteiger charge is 2.26. The predicted molar refractivity (Wildman–Crippen MR) is 129 cm³/mol. The number of ether oxygens (including phenoxy) is 3. The molecule has 0 aliphatic carbocycles. The number of methoxy groups -OCH3 is 2. The zero-order valence-electron chi connectivity index (χ0n) is 19.4. The summed E-state index contributed by atoms with van der Waals surface area (Å²) in [6, 6.07) is 14.0. The third-order valence-electron chi connectivity index (χ3n) is 6.27.